The number of benzene rings is 1. The number of hydrogen-bond donors (Lipinski definition) is 0. The average molecular weight is 225 g/mol. The maximum atomic E-state index is 5.74. The number of aryl methyl sites for hydroxylation is 1. The summed E-state index contributed by atoms with van der Waals surface area (Å²) in [5.41, 5.74) is 0. The third kappa shape index (κ3) is 2.66. The quantitative estimate of drug-likeness (QED) is 0.792. The molecule has 2 aromatic rings. The second-order valence-corrected chi connectivity index (χ2v) is 3.37. The van der Waals surface area contributed by atoms with Crippen LogP contribution >= 0.6 is 11.6 Å². The molecule has 0 atom stereocenters. The molecule has 0 amide bonds. The van der Waals surface area contributed by atoms with Gasteiger partial charge in [0.2, 0.25) is 5.82 Å². The van der Waals surface area contributed by atoms with Crippen LogP contribution in [0.3, 0.4) is 0 Å². The number of aromatic nitrogens is 4. The van der Waals surface area contributed by atoms with Crippen molar-refractivity contribution in [2.24, 2.45) is 7.05 Å². The van der Waals surface area contributed by atoms with Crippen molar-refractivity contribution < 1.29 is 4.74 Å². The summed E-state index contributed by atoms with van der Waals surface area (Å²) in [5.74, 6) is 1.28. The molecule has 0 aliphatic carbocycles. The van der Waals surface area contributed by atoms with Gasteiger partial charge in [-0.25, -0.2) is 0 Å². The highest BCUT2D eigenvalue weighted by Gasteiger charge is 2.01. The normalized spacial score (nSPS) is 10.3. The Kier molecular flexibility index (Phi) is 2.82. The zero-order valence-corrected chi connectivity index (χ0v) is 8.85. The predicted molar refractivity (Wildman–Crippen MR) is 54.6 cm³/mol. The topological polar surface area (TPSA) is 52.8 Å². The van der Waals surface area contributed by atoms with Crippen LogP contribution in [0.25, 0.3) is 0 Å². The van der Waals surface area contributed by atoms with Crippen LogP contribution in [0.4, 0.5) is 0 Å². The highest BCUT2D eigenvalue weighted by atomic mass is 35.5. The summed E-state index contributed by atoms with van der Waals surface area (Å²) < 4.78 is 5.42. The van der Waals surface area contributed by atoms with Gasteiger partial charge in [-0.2, -0.15) is 4.80 Å². The first-order valence-electron chi connectivity index (χ1n) is 4.35. The molecule has 0 fully saturated rings. The molecule has 1 heterocycles. The molecular weight excluding hydrogens is 216 g/mol. The molecule has 78 valence electrons. The van der Waals surface area contributed by atoms with Crippen molar-refractivity contribution >= 4 is 11.6 Å². The number of hydrogen-bond acceptors (Lipinski definition) is 4. The Morgan fingerprint density at radius 2 is 2.07 bits per heavy atom. The van der Waals surface area contributed by atoms with Crippen molar-refractivity contribution in [2.45, 2.75) is 6.61 Å². The first kappa shape index (κ1) is 9.92. The Hall–Kier alpha value is -1.62. The van der Waals surface area contributed by atoms with Crippen LogP contribution in [0, 0.1) is 0 Å². The zero-order chi connectivity index (χ0) is 10.7. The summed E-state index contributed by atoms with van der Waals surface area (Å²) in [7, 11) is 1.71. The lowest BCUT2D eigenvalue weighted by Gasteiger charge is -2.02. The van der Waals surface area contributed by atoms with E-state index in [1.807, 2.05) is 0 Å². The van der Waals surface area contributed by atoms with Crippen LogP contribution in [0.5, 0.6) is 5.75 Å². The van der Waals surface area contributed by atoms with E-state index >= 15 is 0 Å². The molecule has 0 radical (unpaired) electrons. The van der Waals surface area contributed by atoms with E-state index in [0.717, 1.165) is 5.75 Å². The van der Waals surface area contributed by atoms with E-state index < -0.39 is 0 Å². The highest BCUT2D eigenvalue weighted by Crippen LogP contribution is 2.15. The SMILES string of the molecule is Cn1nnc(COc2ccc(Cl)cc2)n1. The Bertz CT molecular complexity index is 440. The van der Waals surface area contributed by atoms with Gasteiger partial charge in [-0.1, -0.05) is 11.6 Å². The Morgan fingerprint density at radius 3 is 2.67 bits per heavy atom. The fraction of sp³-hybridized carbons (Fsp3) is 0.222. The number of tetrazole rings is 1. The zero-order valence-electron chi connectivity index (χ0n) is 8.09. The van der Waals surface area contributed by atoms with Crippen molar-refractivity contribution in [3.63, 3.8) is 0 Å². The van der Waals surface area contributed by atoms with E-state index in [1.54, 1.807) is 31.3 Å². The molecule has 2 rings (SSSR count). The summed E-state index contributed by atoms with van der Waals surface area (Å²) in [4.78, 5) is 1.39. The number of rotatable bonds is 3. The second-order valence-electron chi connectivity index (χ2n) is 2.94. The van der Waals surface area contributed by atoms with Crippen molar-refractivity contribution in [3.05, 3.63) is 35.1 Å². The minimum absolute atomic E-state index is 0.301. The van der Waals surface area contributed by atoms with Crippen molar-refractivity contribution in [1.82, 2.24) is 20.2 Å². The lowest BCUT2D eigenvalue weighted by molar-refractivity contribution is 0.295. The standard InChI is InChI=1S/C9H9ClN4O/c1-14-12-9(11-13-14)6-15-8-4-2-7(10)3-5-8/h2-5H,6H2,1H3. The van der Waals surface area contributed by atoms with Crippen LogP contribution < -0.4 is 4.74 Å². The molecule has 0 unspecified atom stereocenters. The second kappa shape index (κ2) is 4.27. The van der Waals surface area contributed by atoms with Crippen molar-refractivity contribution in [3.8, 4) is 5.75 Å². The summed E-state index contributed by atoms with van der Waals surface area (Å²) in [6.45, 7) is 0.301. The first-order valence-corrected chi connectivity index (χ1v) is 4.73. The van der Waals surface area contributed by atoms with Gasteiger partial charge < -0.3 is 4.74 Å². The maximum Gasteiger partial charge on any atom is 0.212 e. The van der Waals surface area contributed by atoms with Gasteiger partial charge in [0.15, 0.2) is 6.61 Å². The van der Waals surface area contributed by atoms with Gasteiger partial charge in [-0.05, 0) is 29.5 Å². The lowest BCUT2D eigenvalue weighted by Crippen LogP contribution is -1.98. The van der Waals surface area contributed by atoms with E-state index in [0.29, 0.717) is 17.5 Å². The molecule has 0 saturated heterocycles. The molecule has 1 aromatic carbocycles. The van der Waals surface area contributed by atoms with Crippen LogP contribution in [0.2, 0.25) is 5.02 Å². The molecule has 0 saturated carbocycles. The molecule has 6 heteroatoms. The molecule has 0 aliphatic heterocycles. The fourth-order valence-electron chi connectivity index (χ4n) is 1.06. The summed E-state index contributed by atoms with van der Waals surface area (Å²) in [6, 6.07) is 7.11. The fourth-order valence-corrected chi connectivity index (χ4v) is 1.19. The third-order valence-electron chi connectivity index (χ3n) is 1.73. The lowest BCUT2D eigenvalue weighted by atomic mass is 10.3. The number of halogens is 1. The minimum Gasteiger partial charge on any atom is -0.485 e. The van der Waals surface area contributed by atoms with E-state index in [-0.39, 0.29) is 0 Å². The Balaban J connectivity index is 1.96. The van der Waals surface area contributed by atoms with E-state index in [2.05, 4.69) is 15.4 Å². The number of ether oxygens (including phenoxy) is 1. The summed E-state index contributed by atoms with van der Waals surface area (Å²) in [6.07, 6.45) is 0. The molecule has 5 nitrogen and oxygen atoms in total. The molecule has 0 N–H and O–H groups in total. The molecule has 1 aromatic heterocycles. The van der Waals surface area contributed by atoms with Gasteiger partial charge in [0.25, 0.3) is 0 Å². The molecular formula is C9H9ClN4O. The van der Waals surface area contributed by atoms with Crippen LogP contribution in [0.1, 0.15) is 5.82 Å². The predicted octanol–water partition coefficient (Wildman–Crippen LogP) is 1.44. The van der Waals surface area contributed by atoms with Crippen molar-refractivity contribution in [1.29, 1.82) is 0 Å². The van der Waals surface area contributed by atoms with E-state index in [1.165, 1.54) is 4.80 Å². The van der Waals surface area contributed by atoms with Gasteiger partial charge >= 0.3 is 0 Å². The summed E-state index contributed by atoms with van der Waals surface area (Å²) in [5, 5.41) is 12.2. The number of nitrogens with zero attached hydrogens (tertiary/aromatic N) is 4. The van der Waals surface area contributed by atoms with Crippen LogP contribution in [-0.2, 0) is 13.7 Å². The minimum atomic E-state index is 0.301. The first-order chi connectivity index (χ1) is 7.24. The Labute approximate surface area is 91.6 Å². The van der Waals surface area contributed by atoms with Gasteiger partial charge in [0.1, 0.15) is 5.75 Å². The molecule has 0 aliphatic rings. The molecule has 0 bridgehead atoms. The highest BCUT2D eigenvalue weighted by molar-refractivity contribution is 6.30. The van der Waals surface area contributed by atoms with Gasteiger partial charge in [0.05, 0.1) is 7.05 Å². The molecule has 15 heavy (non-hydrogen) atoms. The van der Waals surface area contributed by atoms with E-state index in [4.69, 9.17) is 16.3 Å². The smallest absolute Gasteiger partial charge is 0.212 e. The third-order valence-corrected chi connectivity index (χ3v) is 1.98. The van der Waals surface area contributed by atoms with Gasteiger partial charge in [0, 0.05) is 5.02 Å². The van der Waals surface area contributed by atoms with Crippen LogP contribution in [-0.4, -0.2) is 20.2 Å². The van der Waals surface area contributed by atoms with E-state index in [9.17, 15) is 0 Å². The molecule has 0 spiro atoms. The average Bonchev–Trinajstić information content (AvgIpc) is 2.64. The van der Waals surface area contributed by atoms with Crippen LogP contribution in [0.15, 0.2) is 24.3 Å². The monoisotopic (exact) mass is 224 g/mol. The maximum absolute atomic E-state index is 5.74. The summed E-state index contributed by atoms with van der Waals surface area (Å²) >= 11 is 5.74. The van der Waals surface area contributed by atoms with Gasteiger partial charge in [-0.3, -0.25) is 0 Å². The Morgan fingerprint density at radius 1 is 1.33 bits per heavy atom. The van der Waals surface area contributed by atoms with Crippen molar-refractivity contribution in [2.75, 3.05) is 0 Å². The van der Waals surface area contributed by atoms with Gasteiger partial charge in [-0.15, -0.1) is 10.2 Å². The largest absolute Gasteiger partial charge is 0.485 e.